The molecule has 0 aromatic heterocycles. The molecular formula is C38H59N3O9. The third-order valence-corrected chi connectivity index (χ3v) is 8.91. The van der Waals surface area contributed by atoms with Gasteiger partial charge in [0, 0.05) is 28.5 Å². The summed E-state index contributed by atoms with van der Waals surface area (Å²) in [6, 6.07) is 0.931. The minimum absolute atomic E-state index is 0.000794. The fourth-order valence-corrected chi connectivity index (χ4v) is 6.70. The van der Waals surface area contributed by atoms with Crippen molar-refractivity contribution in [1.29, 1.82) is 0 Å². The second-order valence-electron chi connectivity index (χ2n) is 13.7. The first-order valence-corrected chi connectivity index (χ1v) is 18.5. The monoisotopic (exact) mass is 701 g/mol. The van der Waals surface area contributed by atoms with Crippen molar-refractivity contribution in [2.45, 2.75) is 163 Å². The first-order valence-electron chi connectivity index (χ1n) is 18.5. The number of rotatable bonds is 23. The highest BCUT2D eigenvalue weighted by Gasteiger charge is 2.47. The van der Waals surface area contributed by atoms with Crippen LogP contribution in [0.25, 0.3) is 0 Å². The summed E-state index contributed by atoms with van der Waals surface area (Å²) < 4.78 is 17.2. The molecule has 0 saturated heterocycles. The number of ether oxygens (including phenoxy) is 3. The number of carbonyl (C=O) groups is 2. The van der Waals surface area contributed by atoms with Crippen LogP contribution < -0.4 is 4.74 Å². The molecule has 1 aliphatic rings. The van der Waals surface area contributed by atoms with E-state index in [4.69, 9.17) is 14.2 Å². The number of nitro benzene ring substituents is 2. The van der Waals surface area contributed by atoms with Gasteiger partial charge in [0.15, 0.2) is 0 Å². The van der Waals surface area contributed by atoms with Gasteiger partial charge in [-0.3, -0.25) is 30.0 Å². The minimum atomic E-state index is -1.25. The quantitative estimate of drug-likeness (QED) is 0.0468. The fourth-order valence-electron chi connectivity index (χ4n) is 6.70. The summed E-state index contributed by atoms with van der Waals surface area (Å²) in [6.45, 7) is 13.8. The van der Waals surface area contributed by atoms with E-state index in [0.717, 1.165) is 31.7 Å². The molecule has 12 nitrogen and oxygen atoms in total. The van der Waals surface area contributed by atoms with Crippen LogP contribution in [-0.2, 0) is 25.5 Å². The Morgan fingerprint density at radius 2 is 1.28 bits per heavy atom. The second-order valence-corrected chi connectivity index (χ2v) is 13.7. The molecule has 1 aromatic rings. The van der Waals surface area contributed by atoms with E-state index in [1.807, 2.05) is 0 Å². The zero-order chi connectivity index (χ0) is 37.4. The van der Waals surface area contributed by atoms with Crippen molar-refractivity contribution >= 4 is 29.0 Å². The van der Waals surface area contributed by atoms with Crippen LogP contribution in [0, 0.1) is 26.1 Å². The second kappa shape index (κ2) is 21.4. The Balaban J connectivity index is 2.59. The Kier molecular flexibility index (Phi) is 18.1. The maximum absolute atomic E-state index is 13.8. The van der Waals surface area contributed by atoms with E-state index in [-0.39, 0.29) is 41.2 Å². The van der Waals surface area contributed by atoms with Crippen LogP contribution in [0.15, 0.2) is 22.3 Å². The number of hydrogen-bond donors (Lipinski definition) is 0. The summed E-state index contributed by atoms with van der Waals surface area (Å²) in [5, 5.41) is 25.0. The molecule has 280 valence electrons. The molecule has 0 bridgehead atoms. The molecule has 0 radical (unpaired) electrons. The van der Waals surface area contributed by atoms with Crippen molar-refractivity contribution < 1.29 is 33.6 Å². The lowest BCUT2D eigenvalue weighted by Gasteiger charge is -2.34. The third kappa shape index (κ3) is 12.2. The van der Waals surface area contributed by atoms with Gasteiger partial charge in [0.05, 0.1) is 40.3 Å². The van der Waals surface area contributed by atoms with E-state index in [1.165, 1.54) is 51.4 Å². The predicted molar refractivity (Wildman–Crippen MR) is 195 cm³/mol. The van der Waals surface area contributed by atoms with Crippen molar-refractivity contribution in [1.82, 2.24) is 0 Å². The topological polar surface area (TPSA) is 160 Å². The van der Waals surface area contributed by atoms with E-state index in [0.29, 0.717) is 12.1 Å². The van der Waals surface area contributed by atoms with Crippen LogP contribution in [0.2, 0.25) is 0 Å². The summed E-state index contributed by atoms with van der Waals surface area (Å²) in [5.41, 5.74) is -0.290. The Morgan fingerprint density at radius 1 is 0.780 bits per heavy atom. The molecule has 0 spiro atoms. The van der Waals surface area contributed by atoms with Gasteiger partial charge in [0.25, 0.3) is 5.69 Å². The average molecular weight is 702 g/mol. The Morgan fingerprint density at radius 3 is 1.74 bits per heavy atom. The molecule has 0 saturated carbocycles. The maximum atomic E-state index is 13.8. The first kappa shape index (κ1) is 42.3. The van der Waals surface area contributed by atoms with Crippen LogP contribution in [0.5, 0.6) is 5.75 Å². The summed E-state index contributed by atoms with van der Waals surface area (Å²) in [6.07, 6.45) is 13.7. The molecule has 2 atom stereocenters. The summed E-state index contributed by atoms with van der Waals surface area (Å²) in [5.74, 6) is -4.16. The lowest BCUT2D eigenvalue weighted by atomic mass is 9.72. The molecule has 1 aliphatic heterocycles. The largest absolute Gasteiger partial charge is 0.487 e. The predicted octanol–water partition coefficient (Wildman–Crippen LogP) is 9.89. The molecule has 0 N–H and O–H groups in total. The van der Waals surface area contributed by atoms with Gasteiger partial charge >= 0.3 is 17.6 Å². The molecule has 0 fully saturated rings. The van der Waals surface area contributed by atoms with Crippen LogP contribution in [0.4, 0.5) is 11.4 Å². The Hall–Kier alpha value is -3.83. The van der Waals surface area contributed by atoms with Crippen LogP contribution >= 0.6 is 0 Å². The number of nitro groups is 2. The fraction of sp³-hybridized carbons (Fsp3) is 0.711. The van der Waals surface area contributed by atoms with Crippen molar-refractivity contribution in [2.75, 3.05) is 6.61 Å². The van der Waals surface area contributed by atoms with Crippen LogP contribution in [-0.4, -0.2) is 46.3 Å². The van der Waals surface area contributed by atoms with Gasteiger partial charge in [-0.1, -0.05) is 84.0 Å². The van der Waals surface area contributed by atoms with Gasteiger partial charge < -0.3 is 14.2 Å². The van der Waals surface area contributed by atoms with Gasteiger partial charge in [-0.2, -0.15) is 0 Å². The summed E-state index contributed by atoms with van der Waals surface area (Å²) >= 11 is 0. The molecule has 1 heterocycles. The number of nitrogens with zero attached hydrogens (tertiary/aromatic N) is 3. The highest BCUT2D eigenvalue weighted by Crippen LogP contribution is 2.51. The number of aliphatic imine (C=N–C) groups is 1. The highest BCUT2D eigenvalue weighted by atomic mass is 16.6. The van der Waals surface area contributed by atoms with Gasteiger partial charge in [0.2, 0.25) is 5.75 Å². The lowest BCUT2D eigenvalue weighted by Crippen LogP contribution is -2.38. The summed E-state index contributed by atoms with van der Waals surface area (Å²) in [7, 11) is 0. The lowest BCUT2D eigenvalue weighted by molar-refractivity contribution is -0.395. The molecule has 1 aromatic carbocycles. The highest BCUT2D eigenvalue weighted by molar-refractivity contribution is 6.07. The molecule has 0 aliphatic carbocycles. The smallest absolute Gasteiger partial charge is 0.336 e. The third-order valence-electron chi connectivity index (χ3n) is 8.91. The molecule has 2 rings (SSSR count). The van der Waals surface area contributed by atoms with Gasteiger partial charge in [-0.25, -0.2) is 4.79 Å². The van der Waals surface area contributed by atoms with E-state index >= 15 is 0 Å². The number of benzene rings is 1. The average Bonchev–Trinajstić information content (AvgIpc) is 3.01. The number of carbonyl (C=O) groups excluding carboxylic acids is 2. The van der Waals surface area contributed by atoms with Gasteiger partial charge in [0.1, 0.15) is 5.92 Å². The van der Waals surface area contributed by atoms with Crippen molar-refractivity contribution in [3.05, 3.63) is 48.7 Å². The Labute approximate surface area is 297 Å². The Bertz CT molecular complexity index is 1380. The molecular weight excluding hydrogens is 642 g/mol. The zero-order valence-electron chi connectivity index (χ0n) is 31.5. The number of hydrogen-bond acceptors (Lipinski definition) is 10. The maximum Gasteiger partial charge on any atom is 0.336 e. The number of allylic oxidation sites excluding steroid dienone is 1. The van der Waals surface area contributed by atoms with Crippen LogP contribution in [0.1, 0.15) is 156 Å². The van der Waals surface area contributed by atoms with Crippen molar-refractivity contribution in [3.63, 3.8) is 0 Å². The van der Waals surface area contributed by atoms with Crippen molar-refractivity contribution in [3.8, 4) is 5.75 Å². The standard InChI is InChI=1S/C38H59N3O9/c1-9-11-12-13-14-15-16-17-18-19-20-21-22-23-29-30(40(44)45)24-31(41(46)47)36(48-10-2)34(29)35-32(37(42)49-25(3)4)27(7)39-28(8)33(35)38(43)50-26(5)6/h24-26,32,35H,9-23H2,1-8H3. The zero-order valence-corrected chi connectivity index (χ0v) is 31.5. The molecule has 12 heteroatoms. The van der Waals surface area contributed by atoms with E-state index in [1.54, 1.807) is 48.5 Å². The van der Waals surface area contributed by atoms with Gasteiger partial charge in [-0.05, 0) is 61.3 Å². The molecule has 50 heavy (non-hydrogen) atoms. The van der Waals surface area contributed by atoms with E-state index < -0.39 is 57.2 Å². The molecule has 2 unspecified atom stereocenters. The summed E-state index contributed by atoms with van der Waals surface area (Å²) in [4.78, 5) is 55.8. The van der Waals surface area contributed by atoms with Crippen LogP contribution in [0.3, 0.4) is 0 Å². The normalized spacial score (nSPS) is 16.1. The van der Waals surface area contributed by atoms with Crippen molar-refractivity contribution in [2.24, 2.45) is 10.9 Å². The van der Waals surface area contributed by atoms with Gasteiger partial charge in [-0.15, -0.1) is 0 Å². The first-order chi connectivity index (χ1) is 23.8. The molecule has 0 amide bonds. The SMILES string of the molecule is CCCCCCCCCCCCCCCc1c([N+](=O)[O-])cc([N+](=O)[O-])c(OCC)c1C1C(C(=O)OC(C)C)=C(C)N=C(C)C1C(=O)OC(C)C. The number of esters is 2. The van der Waals surface area contributed by atoms with E-state index in [9.17, 15) is 29.8 Å². The van der Waals surface area contributed by atoms with E-state index in [2.05, 4.69) is 11.9 Å². The minimum Gasteiger partial charge on any atom is -0.487 e. The number of unbranched alkanes of at least 4 members (excludes halogenated alkanes) is 12.